The van der Waals surface area contributed by atoms with E-state index >= 15 is 0 Å². The highest BCUT2D eigenvalue weighted by Crippen LogP contribution is 2.34. The monoisotopic (exact) mass is 445 g/mol. The van der Waals surface area contributed by atoms with Gasteiger partial charge in [0.05, 0.1) is 26.9 Å². The number of nitrogens with one attached hydrogen (secondary N) is 2. The van der Waals surface area contributed by atoms with Gasteiger partial charge in [-0.2, -0.15) is 0 Å². The van der Waals surface area contributed by atoms with Crippen molar-refractivity contribution in [1.82, 2.24) is 10.3 Å². The standard InChI is InChI=1S/C16H10Cl3N3O2S2/c1-24-13-9(18)5-7(6-10(13)19)14(23)21-15(25)22-16-20-12-8(17)3-2-4-11(12)26-16/h2-6H,1H3,(H2,20,21,22,23,25). The SMILES string of the molecule is COc1c(Cl)cc(C(=O)NC(=S)Nc2nc3c(Cl)cccc3s2)cc1Cl. The Morgan fingerprint density at radius 1 is 1.19 bits per heavy atom. The second-order valence-electron chi connectivity index (χ2n) is 4.99. The van der Waals surface area contributed by atoms with E-state index < -0.39 is 5.91 Å². The molecule has 2 aromatic carbocycles. The maximum Gasteiger partial charge on any atom is 0.257 e. The molecule has 0 atom stereocenters. The second kappa shape index (κ2) is 7.94. The zero-order chi connectivity index (χ0) is 18.8. The van der Waals surface area contributed by atoms with E-state index in [2.05, 4.69) is 15.6 Å². The zero-order valence-electron chi connectivity index (χ0n) is 13.1. The van der Waals surface area contributed by atoms with Gasteiger partial charge in [-0.1, -0.05) is 52.2 Å². The largest absolute Gasteiger partial charge is 0.494 e. The molecule has 3 rings (SSSR count). The number of aromatic nitrogens is 1. The summed E-state index contributed by atoms with van der Waals surface area (Å²) in [4.78, 5) is 16.7. The van der Waals surface area contributed by atoms with Crippen LogP contribution >= 0.6 is 58.4 Å². The van der Waals surface area contributed by atoms with Crippen LogP contribution in [-0.2, 0) is 0 Å². The van der Waals surface area contributed by atoms with E-state index in [9.17, 15) is 4.79 Å². The molecule has 0 saturated heterocycles. The first-order chi connectivity index (χ1) is 12.4. The highest BCUT2D eigenvalue weighted by molar-refractivity contribution is 7.80. The van der Waals surface area contributed by atoms with Crippen LogP contribution in [-0.4, -0.2) is 23.1 Å². The molecular weight excluding hydrogens is 437 g/mol. The van der Waals surface area contributed by atoms with Crippen molar-refractivity contribution in [3.05, 3.63) is 51.0 Å². The van der Waals surface area contributed by atoms with E-state index in [-0.39, 0.29) is 20.7 Å². The fraction of sp³-hybridized carbons (Fsp3) is 0.0625. The van der Waals surface area contributed by atoms with Crippen molar-refractivity contribution in [1.29, 1.82) is 0 Å². The summed E-state index contributed by atoms with van der Waals surface area (Å²) in [5, 5.41) is 7.03. The van der Waals surface area contributed by atoms with Gasteiger partial charge in [-0.3, -0.25) is 10.1 Å². The van der Waals surface area contributed by atoms with Crippen molar-refractivity contribution in [2.75, 3.05) is 12.4 Å². The van der Waals surface area contributed by atoms with Crippen molar-refractivity contribution < 1.29 is 9.53 Å². The Labute approximate surface area is 173 Å². The molecule has 0 unspecified atom stereocenters. The molecule has 3 aromatic rings. The summed E-state index contributed by atoms with van der Waals surface area (Å²) in [6, 6.07) is 8.38. The summed E-state index contributed by atoms with van der Waals surface area (Å²) in [6.45, 7) is 0. The summed E-state index contributed by atoms with van der Waals surface area (Å²) < 4.78 is 5.96. The number of halogens is 3. The third-order valence-corrected chi connectivity index (χ3v) is 5.29. The number of ether oxygens (including phenoxy) is 1. The topological polar surface area (TPSA) is 63.2 Å². The lowest BCUT2D eigenvalue weighted by Gasteiger charge is -2.10. The molecule has 0 fully saturated rings. The molecule has 1 heterocycles. The molecule has 134 valence electrons. The van der Waals surface area contributed by atoms with Gasteiger partial charge in [0.2, 0.25) is 0 Å². The number of nitrogens with zero attached hydrogens (tertiary/aromatic N) is 1. The van der Waals surface area contributed by atoms with Gasteiger partial charge in [-0.25, -0.2) is 4.98 Å². The smallest absolute Gasteiger partial charge is 0.257 e. The highest BCUT2D eigenvalue weighted by Gasteiger charge is 2.15. The average Bonchev–Trinajstić information content (AvgIpc) is 2.98. The average molecular weight is 447 g/mol. The van der Waals surface area contributed by atoms with Gasteiger partial charge in [-0.15, -0.1) is 0 Å². The zero-order valence-corrected chi connectivity index (χ0v) is 17.0. The predicted molar refractivity (Wildman–Crippen MR) is 111 cm³/mol. The van der Waals surface area contributed by atoms with Crippen molar-refractivity contribution in [3.8, 4) is 5.75 Å². The third-order valence-electron chi connectivity index (χ3n) is 3.28. The van der Waals surface area contributed by atoms with Gasteiger partial charge >= 0.3 is 0 Å². The Balaban J connectivity index is 1.73. The number of methoxy groups -OCH3 is 1. The van der Waals surface area contributed by atoms with Crippen molar-refractivity contribution in [3.63, 3.8) is 0 Å². The number of thiazole rings is 1. The van der Waals surface area contributed by atoms with Gasteiger partial charge in [0.15, 0.2) is 16.0 Å². The van der Waals surface area contributed by atoms with Gasteiger partial charge in [-0.05, 0) is 36.5 Å². The Morgan fingerprint density at radius 3 is 2.50 bits per heavy atom. The van der Waals surface area contributed by atoms with E-state index in [1.807, 2.05) is 12.1 Å². The first-order valence-corrected chi connectivity index (χ1v) is 9.45. The lowest BCUT2D eigenvalue weighted by atomic mass is 10.2. The first-order valence-electron chi connectivity index (χ1n) is 7.09. The van der Waals surface area contributed by atoms with Crippen LogP contribution in [0.4, 0.5) is 5.13 Å². The summed E-state index contributed by atoms with van der Waals surface area (Å²) in [7, 11) is 1.44. The number of anilines is 1. The van der Waals surface area contributed by atoms with Gasteiger partial charge in [0.1, 0.15) is 5.52 Å². The minimum absolute atomic E-state index is 0.0910. The fourth-order valence-electron chi connectivity index (χ4n) is 2.16. The summed E-state index contributed by atoms with van der Waals surface area (Å²) in [5.41, 5.74) is 0.918. The number of hydrogen-bond acceptors (Lipinski definition) is 5. The molecule has 2 N–H and O–H groups in total. The normalized spacial score (nSPS) is 10.6. The summed E-state index contributed by atoms with van der Waals surface area (Å²) in [6.07, 6.45) is 0. The van der Waals surface area contributed by atoms with Crippen molar-refractivity contribution >= 4 is 84.7 Å². The van der Waals surface area contributed by atoms with Gasteiger partial charge in [0.25, 0.3) is 5.91 Å². The lowest BCUT2D eigenvalue weighted by Crippen LogP contribution is -2.34. The first kappa shape index (κ1) is 19.1. The number of rotatable bonds is 3. The summed E-state index contributed by atoms with van der Waals surface area (Å²) in [5.74, 6) is -0.162. The van der Waals surface area contributed by atoms with E-state index in [1.165, 1.54) is 30.6 Å². The van der Waals surface area contributed by atoms with Crippen LogP contribution in [0, 0.1) is 0 Å². The maximum absolute atomic E-state index is 12.3. The predicted octanol–water partition coefficient (Wildman–Crippen LogP) is 5.39. The van der Waals surface area contributed by atoms with Gasteiger partial charge in [0, 0.05) is 5.56 Å². The molecule has 0 spiro atoms. The van der Waals surface area contributed by atoms with Crippen molar-refractivity contribution in [2.45, 2.75) is 0 Å². The molecular formula is C16H10Cl3N3O2S2. The van der Waals surface area contributed by atoms with Crippen LogP contribution in [0.2, 0.25) is 15.1 Å². The minimum atomic E-state index is -0.465. The highest BCUT2D eigenvalue weighted by atomic mass is 35.5. The minimum Gasteiger partial charge on any atom is -0.494 e. The van der Waals surface area contributed by atoms with E-state index in [4.69, 9.17) is 51.8 Å². The molecule has 10 heteroatoms. The van der Waals surface area contributed by atoms with Crippen molar-refractivity contribution in [2.24, 2.45) is 0 Å². The number of benzene rings is 2. The van der Waals surface area contributed by atoms with Crippen LogP contribution in [0.3, 0.4) is 0 Å². The van der Waals surface area contributed by atoms with Crippen LogP contribution in [0.1, 0.15) is 10.4 Å². The second-order valence-corrected chi connectivity index (χ2v) is 7.65. The maximum atomic E-state index is 12.3. The Morgan fingerprint density at radius 2 is 1.88 bits per heavy atom. The molecule has 0 aliphatic heterocycles. The van der Waals surface area contributed by atoms with Crippen LogP contribution in [0.25, 0.3) is 10.2 Å². The number of fused-ring (bicyclic) bond motifs is 1. The number of para-hydroxylation sites is 1. The molecule has 0 aliphatic carbocycles. The number of amides is 1. The van der Waals surface area contributed by atoms with Crippen LogP contribution in [0.5, 0.6) is 5.75 Å². The molecule has 0 bridgehead atoms. The quantitative estimate of drug-likeness (QED) is 0.528. The third kappa shape index (κ3) is 4.02. The number of carbonyl (C=O) groups excluding carboxylic acids is 1. The van der Waals surface area contributed by atoms with E-state index in [0.29, 0.717) is 21.4 Å². The Hall–Kier alpha value is -1.64. The lowest BCUT2D eigenvalue weighted by molar-refractivity contribution is 0.0977. The number of hydrogen-bond donors (Lipinski definition) is 2. The van der Waals surface area contributed by atoms with E-state index in [1.54, 1.807) is 6.07 Å². The Kier molecular flexibility index (Phi) is 5.84. The van der Waals surface area contributed by atoms with Gasteiger partial charge < -0.3 is 10.1 Å². The van der Waals surface area contributed by atoms with Crippen LogP contribution < -0.4 is 15.4 Å². The molecule has 1 aromatic heterocycles. The van der Waals surface area contributed by atoms with Crippen LogP contribution in [0.15, 0.2) is 30.3 Å². The molecule has 0 radical (unpaired) electrons. The summed E-state index contributed by atoms with van der Waals surface area (Å²) >= 11 is 24.7. The van der Waals surface area contributed by atoms with E-state index in [0.717, 1.165) is 4.70 Å². The molecule has 0 aliphatic rings. The number of thiocarbonyl (C=S) groups is 1. The molecule has 1 amide bonds. The fourth-order valence-corrected chi connectivity index (χ4v) is 4.22. The molecule has 0 saturated carbocycles. The molecule has 5 nitrogen and oxygen atoms in total. The Bertz CT molecular complexity index is 1000. The number of carbonyl (C=O) groups is 1. The molecule has 26 heavy (non-hydrogen) atoms.